The third-order valence-corrected chi connectivity index (χ3v) is 7.70. The number of hydrogen-bond donors (Lipinski definition) is 0. The summed E-state index contributed by atoms with van der Waals surface area (Å²) in [6.45, 7) is 0. The zero-order chi connectivity index (χ0) is 26.5. The van der Waals surface area contributed by atoms with Gasteiger partial charge in [0.1, 0.15) is 17.0 Å². The van der Waals surface area contributed by atoms with Gasteiger partial charge in [-0.25, -0.2) is 4.98 Å². The molecule has 0 unspecified atom stereocenters. The van der Waals surface area contributed by atoms with Gasteiger partial charge in [0.05, 0.1) is 0 Å². The van der Waals surface area contributed by atoms with Crippen molar-refractivity contribution in [3.05, 3.63) is 146 Å². The number of pyridine rings is 1. The van der Waals surface area contributed by atoms with E-state index in [4.69, 9.17) is 9.40 Å². The van der Waals surface area contributed by atoms with Crippen LogP contribution in [-0.2, 0) is 0 Å². The minimum Gasteiger partial charge on any atom is -0.456 e. The first kappa shape index (κ1) is 22.6. The predicted octanol–water partition coefficient (Wildman–Crippen LogP) is 10.4. The molecule has 3 heteroatoms. The topological polar surface area (TPSA) is 29.3 Å². The van der Waals surface area contributed by atoms with Crippen LogP contribution >= 0.6 is 0 Å². The Morgan fingerprint density at radius 1 is 0.450 bits per heavy atom. The van der Waals surface area contributed by atoms with Crippen molar-refractivity contribution in [2.24, 2.45) is 0 Å². The molecule has 0 aliphatic heterocycles. The monoisotopic (exact) mass is 512 g/mol. The van der Waals surface area contributed by atoms with Gasteiger partial charge in [0.25, 0.3) is 0 Å². The number of para-hydroxylation sites is 1. The van der Waals surface area contributed by atoms with E-state index in [1.54, 1.807) is 0 Å². The fraction of sp³-hybridized carbons (Fsp3) is 0. The normalized spacial score (nSPS) is 11.5. The Kier molecular flexibility index (Phi) is 5.14. The standard InChI is InChI=1S/C37H24N2O/c1-2-8-25(9-3-1)26-16-18-29(19-17-26)39(37-23-36-34(24-38-37)33-12-6-7-13-35(33)40-36)30-20-21-32-28(22-30)15-14-27-10-4-5-11-31(27)32/h1-24H. The van der Waals surface area contributed by atoms with Crippen LogP contribution in [0.15, 0.2) is 150 Å². The van der Waals surface area contributed by atoms with Crippen LogP contribution in [0.3, 0.4) is 0 Å². The first-order chi connectivity index (χ1) is 19.8. The summed E-state index contributed by atoms with van der Waals surface area (Å²) in [5.41, 5.74) is 6.13. The summed E-state index contributed by atoms with van der Waals surface area (Å²) < 4.78 is 6.24. The van der Waals surface area contributed by atoms with E-state index in [1.807, 2.05) is 36.5 Å². The van der Waals surface area contributed by atoms with Gasteiger partial charge in [-0.15, -0.1) is 0 Å². The number of furan rings is 1. The van der Waals surface area contributed by atoms with Crippen molar-refractivity contribution in [3.8, 4) is 11.1 Å². The Balaban J connectivity index is 1.31. The number of aromatic nitrogens is 1. The van der Waals surface area contributed by atoms with Gasteiger partial charge in [0.2, 0.25) is 0 Å². The molecule has 0 saturated heterocycles. The second kappa shape index (κ2) is 9.11. The lowest BCUT2D eigenvalue weighted by Crippen LogP contribution is -2.11. The first-order valence-electron chi connectivity index (χ1n) is 13.5. The zero-order valence-electron chi connectivity index (χ0n) is 21.7. The Morgan fingerprint density at radius 3 is 2.00 bits per heavy atom. The maximum Gasteiger partial charge on any atom is 0.141 e. The zero-order valence-corrected chi connectivity index (χ0v) is 21.7. The van der Waals surface area contributed by atoms with Crippen molar-refractivity contribution in [1.82, 2.24) is 4.98 Å². The molecular formula is C37H24N2O. The molecule has 0 radical (unpaired) electrons. The SMILES string of the molecule is c1ccc(-c2ccc(N(c3ccc4c(ccc5ccccc54)c3)c3cc4oc5ccccc5c4cn3)cc2)cc1. The van der Waals surface area contributed by atoms with Crippen molar-refractivity contribution >= 4 is 60.7 Å². The molecule has 40 heavy (non-hydrogen) atoms. The van der Waals surface area contributed by atoms with Gasteiger partial charge in [-0.1, -0.05) is 103 Å². The third kappa shape index (κ3) is 3.71. The molecule has 0 bridgehead atoms. The quantitative estimate of drug-likeness (QED) is 0.220. The van der Waals surface area contributed by atoms with Gasteiger partial charge in [0, 0.05) is 34.4 Å². The molecule has 0 spiro atoms. The molecule has 3 nitrogen and oxygen atoms in total. The molecular weight excluding hydrogens is 488 g/mol. The molecule has 188 valence electrons. The summed E-state index contributed by atoms with van der Waals surface area (Å²) in [6.07, 6.45) is 1.93. The molecule has 0 amide bonds. The van der Waals surface area contributed by atoms with E-state index in [9.17, 15) is 0 Å². The first-order valence-corrected chi connectivity index (χ1v) is 13.5. The minimum absolute atomic E-state index is 0.805. The van der Waals surface area contributed by atoms with Gasteiger partial charge in [0.15, 0.2) is 0 Å². The maximum absolute atomic E-state index is 6.24. The third-order valence-electron chi connectivity index (χ3n) is 7.70. The molecule has 8 aromatic rings. The van der Waals surface area contributed by atoms with Gasteiger partial charge >= 0.3 is 0 Å². The van der Waals surface area contributed by atoms with Crippen LogP contribution in [0.25, 0.3) is 54.6 Å². The number of anilines is 3. The Hall–Kier alpha value is -5.41. The highest BCUT2D eigenvalue weighted by atomic mass is 16.3. The van der Waals surface area contributed by atoms with Crippen LogP contribution in [0, 0.1) is 0 Å². The van der Waals surface area contributed by atoms with Crippen molar-refractivity contribution in [1.29, 1.82) is 0 Å². The van der Waals surface area contributed by atoms with Gasteiger partial charge < -0.3 is 4.42 Å². The van der Waals surface area contributed by atoms with E-state index in [-0.39, 0.29) is 0 Å². The molecule has 2 heterocycles. The van der Waals surface area contributed by atoms with Gasteiger partial charge in [-0.05, 0) is 63.0 Å². The molecule has 8 rings (SSSR count). The predicted molar refractivity (Wildman–Crippen MR) is 167 cm³/mol. The van der Waals surface area contributed by atoms with Crippen LogP contribution in [-0.4, -0.2) is 4.98 Å². The molecule has 6 aromatic carbocycles. The summed E-state index contributed by atoms with van der Waals surface area (Å²) in [7, 11) is 0. The summed E-state index contributed by atoms with van der Waals surface area (Å²) in [5, 5.41) is 7.02. The number of nitrogens with zero attached hydrogens (tertiary/aromatic N) is 2. The Morgan fingerprint density at radius 2 is 1.12 bits per heavy atom. The van der Waals surface area contributed by atoms with Gasteiger partial charge in [-0.2, -0.15) is 0 Å². The molecule has 0 fully saturated rings. The second-order valence-electron chi connectivity index (χ2n) is 10.1. The average Bonchev–Trinajstić information content (AvgIpc) is 3.40. The number of benzene rings is 6. The minimum atomic E-state index is 0.805. The van der Waals surface area contributed by atoms with Crippen molar-refractivity contribution in [2.75, 3.05) is 4.90 Å². The van der Waals surface area contributed by atoms with Crippen molar-refractivity contribution in [2.45, 2.75) is 0 Å². The highest BCUT2D eigenvalue weighted by Gasteiger charge is 2.17. The van der Waals surface area contributed by atoms with Crippen molar-refractivity contribution in [3.63, 3.8) is 0 Å². The smallest absolute Gasteiger partial charge is 0.141 e. The van der Waals surface area contributed by atoms with Crippen LogP contribution in [0.4, 0.5) is 17.2 Å². The van der Waals surface area contributed by atoms with E-state index < -0.39 is 0 Å². The largest absolute Gasteiger partial charge is 0.456 e. The van der Waals surface area contributed by atoms with E-state index in [2.05, 4.69) is 114 Å². The lowest BCUT2D eigenvalue weighted by Gasteiger charge is -2.25. The lowest BCUT2D eigenvalue weighted by atomic mass is 10.0. The Labute approximate surface area is 231 Å². The molecule has 0 aliphatic rings. The van der Waals surface area contributed by atoms with E-state index in [1.165, 1.54) is 32.7 Å². The van der Waals surface area contributed by atoms with Crippen LogP contribution in [0.2, 0.25) is 0 Å². The van der Waals surface area contributed by atoms with Gasteiger partial charge in [-0.3, -0.25) is 4.90 Å². The number of fused-ring (bicyclic) bond motifs is 6. The lowest BCUT2D eigenvalue weighted by molar-refractivity contribution is 0.668. The average molecular weight is 513 g/mol. The number of rotatable bonds is 4. The van der Waals surface area contributed by atoms with E-state index in [0.29, 0.717) is 0 Å². The molecule has 0 N–H and O–H groups in total. The molecule has 0 saturated carbocycles. The summed E-state index contributed by atoms with van der Waals surface area (Å²) in [5.74, 6) is 0.805. The summed E-state index contributed by atoms with van der Waals surface area (Å²) >= 11 is 0. The molecule has 0 atom stereocenters. The van der Waals surface area contributed by atoms with Crippen LogP contribution in [0.1, 0.15) is 0 Å². The Bertz CT molecular complexity index is 2160. The van der Waals surface area contributed by atoms with E-state index >= 15 is 0 Å². The summed E-state index contributed by atoms with van der Waals surface area (Å²) in [4.78, 5) is 7.16. The van der Waals surface area contributed by atoms with Crippen LogP contribution < -0.4 is 4.90 Å². The maximum atomic E-state index is 6.24. The second-order valence-corrected chi connectivity index (χ2v) is 10.1. The number of hydrogen-bond acceptors (Lipinski definition) is 3. The molecule has 0 aliphatic carbocycles. The molecule has 2 aromatic heterocycles. The van der Waals surface area contributed by atoms with Crippen LogP contribution in [0.5, 0.6) is 0 Å². The van der Waals surface area contributed by atoms with Crippen molar-refractivity contribution < 1.29 is 4.42 Å². The highest BCUT2D eigenvalue weighted by Crippen LogP contribution is 2.39. The highest BCUT2D eigenvalue weighted by molar-refractivity contribution is 6.09. The van der Waals surface area contributed by atoms with E-state index in [0.717, 1.165) is 39.1 Å². The fourth-order valence-electron chi connectivity index (χ4n) is 5.72. The fourth-order valence-corrected chi connectivity index (χ4v) is 5.72. The summed E-state index contributed by atoms with van der Waals surface area (Å²) in [6, 6.07) is 48.9.